The van der Waals surface area contributed by atoms with Crippen LogP contribution in [0.25, 0.3) is 0 Å². The van der Waals surface area contributed by atoms with Crippen molar-refractivity contribution in [1.82, 2.24) is 0 Å². The van der Waals surface area contributed by atoms with Crippen molar-refractivity contribution in [2.75, 3.05) is 6.61 Å². The highest BCUT2D eigenvalue weighted by Gasteiger charge is 2.28. The Morgan fingerprint density at radius 1 is 1.20 bits per heavy atom. The van der Waals surface area contributed by atoms with Gasteiger partial charge >= 0.3 is 5.97 Å². The number of ether oxygens (including phenoxy) is 1. The van der Waals surface area contributed by atoms with E-state index >= 15 is 0 Å². The highest BCUT2D eigenvalue weighted by Crippen LogP contribution is 2.13. The Hall–Kier alpha value is -1.19. The third kappa shape index (κ3) is 4.72. The zero-order valence-electron chi connectivity index (χ0n) is 9.70. The number of hydrogen-bond acceptors (Lipinski definition) is 4. The van der Waals surface area contributed by atoms with E-state index in [2.05, 4.69) is 0 Å². The Morgan fingerprint density at radius 2 is 1.73 bits per heavy atom. The van der Waals surface area contributed by atoms with Gasteiger partial charge in [-0.15, -0.1) is 0 Å². The Morgan fingerprint density at radius 3 is 2.07 bits per heavy atom. The van der Waals surface area contributed by atoms with Gasteiger partial charge in [0.05, 0.1) is 18.9 Å². The average Bonchev–Trinajstić information content (AvgIpc) is 2.13. The van der Waals surface area contributed by atoms with Crippen LogP contribution in [0.5, 0.6) is 0 Å². The van der Waals surface area contributed by atoms with Crippen molar-refractivity contribution in [2.45, 2.75) is 34.1 Å². The molecule has 15 heavy (non-hydrogen) atoms. The number of carbonyl (C=O) groups excluding carboxylic acids is 3. The fraction of sp³-hybridized carbons (Fsp3) is 0.727. The van der Waals surface area contributed by atoms with Gasteiger partial charge in [0, 0.05) is 5.92 Å². The van der Waals surface area contributed by atoms with Crippen LogP contribution in [0.2, 0.25) is 0 Å². The summed E-state index contributed by atoms with van der Waals surface area (Å²) in [5, 5.41) is 0. The molecule has 0 unspecified atom stereocenters. The van der Waals surface area contributed by atoms with Gasteiger partial charge < -0.3 is 4.74 Å². The number of hydrogen-bond donors (Lipinski definition) is 0. The van der Waals surface area contributed by atoms with Crippen LogP contribution < -0.4 is 0 Å². The first-order chi connectivity index (χ1) is 6.90. The molecule has 4 heteroatoms. The van der Waals surface area contributed by atoms with E-state index in [4.69, 9.17) is 4.74 Å². The number of rotatable bonds is 6. The Kier molecular flexibility index (Phi) is 5.82. The van der Waals surface area contributed by atoms with Gasteiger partial charge in [-0.3, -0.25) is 14.4 Å². The lowest BCUT2D eigenvalue weighted by molar-refractivity contribution is -0.149. The summed E-state index contributed by atoms with van der Waals surface area (Å²) < 4.78 is 4.71. The summed E-state index contributed by atoms with van der Waals surface area (Å²) in [7, 11) is 0. The molecular weight excluding hydrogens is 196 g/mol. The molecule has 86 valence electrons. The zero-order valence-corrected chi connectivity index (χ0v) is 9.70. The van der Waals surface area contributed by atoms with Crippen LogP contribution in [0.3, 0.4) is 0 Å². The number of Topliss-reactive ketones (excluding diaryl/α,β-unsaturated/α-hetero) is 2. The molecule has 0 saturated heterocycles. The molecule has 0 N–H and O–H groups in total. The summed E-state index contributed by atoms with van der Waals surface area (Å²) in [6.07, 6.45) is -0.139. The van der Waals surface area contributed by atoms with Gasteiger partial charge in [-0.2, -0.15) is 0 Å². The summed E-state index contributed by atoms with van der Waals surface area (Å²) in [6, 6.07) is 0. The van der Waals surface area contributed by atoms with Gasteiger partial charge in [0.2, 0.25) is 0 Å². The second-order valence-electron chi connectivity index (χ2n) is 3.73. The molecule has 0 spiro atoms. The molecule has 0 aliphatic rings. The number of esters is 1. The van der Waals surface area contributed by atoms with Gasteiger partial charge in [0.1, 0.15) is 11.6 Å². The molecule has 0 rings (SSSR count). The molecule has 0 aromatic carbocycles. The van der Waals surface area contributed by atoms with Crippen LogP contribution in [-0.4, -0.2) is 24.1 Å². The fourth-order valence-electron chi connectivity index (χ4n) is 1.23. The lowest BCUT2D eigenvalue weighted by atomic mass is 9.89. The van der Waals surface area contributed by atoms with Crippen LogP contribution >= 0.6 is 0 Å². The summed E-state index contributed by atoms with van der Waals surface area (Å²) in [6.45, 7) is 6.70. The van der Waals surface area contributed by atoms with E-state index in [0.717, 1.165) is 0 Å². The second kappa shape index (κ2) is 6.32. The highest BCUT2D eigenvalue weighted by atomic mass is 16.5. The minimum atomic E-state index is -0.843. The Labute approximate surface area is 90.0 Å². The first kappa shape index (κ1) is 13.8. The molecule has 0 radical (unpaired) electrons. The predicted molar refractivity (Wildman–Crippen MR) is 55.3 cm³/mol. The summed E-state index contributed by atoms with van der Waals surface area (Å²) in [4.78, 5) is 34.0. The second-order valence-corrected chi connectivity index (χ2v) is 3.73. The van der Waals surface area contributed by atoms with Crippen LogP contribution in [0.1, 0.15) is 34.1 Å². The Bertz CT molecular complexity index is 255. The normalized spacial score (nSPS) is 12.3. The maximum atomic E-state index is 11.6. The van der Waals surface area contributed by atoms with E-state index in [1.54, 1.807) is 20.8 Å². The van der Waals surface area contributed by atoms with Crippen molar-refractivity contribution < 1.29 is 19.1 Å². The molecule has 0 amide bonds. The summed E-state index contributed by atoms with van der Waals surface area (Å²) >= 11 is 0. The van der Waals surface area contributed by atoms with Crippen LogP contribution in [0.4, 0.5) is 0 Å². The largest absolute Gasteiger partial charge is 0.466 e. The van der Waals surface area contributed by atoms with E-state index in [1.807, 2.05) is 0 Å². The van der Waals surface area contributed by atoms with Gasteiger partial charge in [-0.05, 0) is 13.8 Å². The zero-order chi connectivity index (χ0) is 12.0. The molecule has 0 saturated carbocycles. The van der Waals surface area contributed by atoms with E-state index in [1.165, 1.54) is 6.92 Å². The number of carbonyl (C=O) groups is 3. The lowest BCUT2D eigenvalue weighted by Crippen LogP contribution is -2.29. The molecule has 0 aromatic rings. The molecule has 0 fully saturated rings. The fourth-order valence-corrected chi connectivity index (χ4v) is 1.23. The van der Waals surface area contributed by atoms with Crippen molar-refractivity contribution in [2.24, 2.45) is 11.8 Å². The van der Waals surface area contributed by atoms with Crippen molar-refractivity contribution in [3.63, 3.8) is 0 Å². The van der Waals surface area contributed by atoms with E-state index in [0.29, 0.717) is 0 Å². The Balaban J connectivity index is 4.48. The first-order valence-corrected chi connectivity index (χ1v) is 5.09. The van der Waals surface area contributed by atoms with Crippen molar-refractivity contribution >= 4 is 17.5 Å². The van der Waals surface area contributed by atoms with Gasteiger partial charge in [-0.1, -0.05) is 13.8 Å². The summed E-state index contributed by atoms with van der Waals surface area (Å²) in [5.41, 5.74) is 0. The molecule has 0 heterocycles. The molecule has 0 aliphatic carbocycles. The maximum Gasteiger partial charge on any atom is 0.306 e. The van der Waals surface area contributed by atoms with Crippen molar-refractivity contribution in [3.8, 4) is 0 Å². The van der Waals surface area contributed by atoms with Crippen LogP contribution in [0, 0.1) is 11.8 Å². The first-order valence-electron chi connectivity index (χ1n) is 5.09. The van der Waals surface area contributed by atoms with E-state index < -0.39 is 11.9 Å². The molecule has 0 aromatic heterocycles. The van der Waals surface area contributed by atoms with Crippen LogP contribution in [-0.2, 0) is 19.1 Å². The molecular formula is C11H18O4. The quantitative estimate of drug-likeness (QED) is 0.495. The maximum absolute atomic E-state index is 11.6. The molecule has 1 atom stereocenters. The smallest absolute Gasteiger partial charge is 0.306 e. The summed E-state index contributed by atoms with van der Waals surface area (Å²) in [5.74, 6) is -2.05. The third-order valence-electron chi connectivity index (χ3n) is 2.08. The third-order valence-corrected chi connectivity index (χ3v) is 2.08. The molecule has 4 nitrogen and oxygen atoms in total. The van der Waals surface area contributed by atoms with Crippen molar-refractivity contribution in [1.29, 1.82) is 0 Å². The minimum absolute atomic E-state index is 0.139. The average molecular weight is 214 g/mol. The molecule has 0 aliphatic heterocycles. The topological polar surface area (TPSA) is 60.4 Å². The van der Waals surface area contributed by atoms with Crippen molar-refractivity contribution in [3.05, 3.63) is 0 Å². The van der Waals surface area contributed by atoms with E-state index in [9.17, 15) is 14.4 Å². The number of ketones is 2. The minimum Gasteiger partial charge on any atom is -0.466 e. The highest BCUT2D eigenvalue weighted by molar-refractivity contribution is 6.04. The standard InChI is InChI=1S/C11H18O4/c1-5-15-10(13)6-9(8(4)12)11(14)7(2)3/h7,9H,5-6H2,1-4H3/t9-/m0/s1. The predicted octanol–water partition coefficient (Wildman–Crippen LogP) is 1.37. The van der Waals surface area contributed by atoms with Gasteiger partial charge in [-0.25, -0.2) is 0 Å². The van der Waals surface area contributed by atoms with Crippen LogP contribution in [0.15, 0.2) is 0 Å². The lowest BCUT2D eigenvalue weighted by Gasteiger charge is -2.13. The monoisotopic (exact) mass is 214 g/mol. The van der Waals surface area contributed by atoms with Gasteiger partial charge in [0.25, 0.3) is 0 Å². The molecule has 0 bridgehead atoms. The van der Waals surface area contributed by atoms with E-state index in [-0.39, 0.29) is 30.5 Å². The SMILES string of the molecule is CCOC(=O)C[C@@H](C(C)=O)C(=O)C(C)C. The van der Waals surface area contributed by atoms with Gasteiger partial charge in [0.15, 0.2) is 0 Å².